The van der Waals surface area contributed by atoms with Crippen molar-refractivity contribution in [3.8, 4) is 5.75 Å². The van der Waals surface area contributed by atoms with Crippen LogP contribution in [0.2, 0.25) is 0 Å². The van der Waals surface area contributed by atoms with Crippen LogP contribution < -0.4 is 15.0 Å². The fraction of sp³-hybridized carbons (Fsp3) is 0.292. The molecule has 1 unspecified atom stereocenters. The zero-order valence-corrected chi connectivity index (χ0v) is 17.5. The lowest BCUT2D eigenvalue weighted by Crippen LogP contribution is -2.38. The second kappa shape index (κ2) is 9.47. The van der Waals surface area contributed by atoms with Gasteiger partial charge in [-0.05, 0) is 31.0 Å². The monoisotopic (exact) mass is 418 g/mol. The predicted molar refractivity (Wildman–Crippen MR) is 118 cm³/mol. The lowest BCUT2D eigenvalue weighted by atomic mass is 10.1. The molecule has 0 radical (unpaired) electrons. The number of ether oxygens (including phenoxy) is 1. The second-order valence-electron chi connectivity index (χ2n) is 7.42. The first-order valence-electron chi connectivity index (χ1n) is 10.5. The molecule has 1 N–H and O–H groups in total. The third-order valence-electron chi connectivity index (χ3n) is 5.45. The van der Waals surface area contributed by atoms with Gasteiger partial charge < -0.3 is 19.5 Å². The summed E-state index contributed by atoms with van der Waals surface area (Å²) in [5, 5.41) is 2.93. The zero-order chi connectivity index (χ0) is 21.6. The van der Waals surface area contributed by atoms with Crippen molar-refractivity contribution in [2.75, 3.05) is 18.1 Å². The number of carbonyl (C=O) groups is 2. The first-order chi connectivity index (χ1) is 15.2. The Kier molecular flexibility index (Phi) is 6.31. The Bertz CT molecular complexity index is 1050. The van der Waals surface area contributed by atoms with Gasteiger partial charge in [0.25, 0.3) is 5.91 Å². The van der Waals surface area contributed by atoms with Crippen LogP contribution in [0.25, 0.3) is 0 Å². The fourth-order valence-corrected chi connectivity index (χ4v) is 3.91. The summed E-state index contributed by atoms with van der Waals surface area (Å²) in [4.78, 5) is 32.1. The van der Waals surface area contributed by atoms with Crippen molar-refractivity contribution in [2.24, 2.45) is 0 Å². The van der Waals surface area contributed by atoms with Crippen molar-refractivity contribution < 1.29 is 14.3 Å². The Morgan fingerprint density at radius 3 is 2.77 bits per heavy atom. The van der Waals surface area contributed by atoms with E-state index in [0.717, 1.165) is 29.0 Å². The maximum atomic E-state index is 13.4. The largest absolute Gasteiger partial charge is 0.494 e. The van der Waals surface area contributed by atoms with E-state index in [0.29, 0.717) is 19.7 Å². The van der Waals surface area contributed by atoms with Gasteiger partial charge in [0.05, 0.1) is 19.4 Å². The van der Waals surface area contributed by atoms with E-state index < -0.39 is 6.04 Å². The van der Waals surface area contributed by atoms with Gasteiger partial charge in [0.15, 0.2) is 0 Å². The standard InChI is InChI=1S/C24H26N4O3/c1-2-31-22-10-6-4-8-19(22)16-26-23(29)15-21(27-14-12-25-17-27)24(30)28-13-11-18-7-3-5-9-20(18)28/h3-10,12,14,17,21H,2,11,13,15-16H2,1H3,(H,26,29). The van der Waals surface area contributed by atoms with Crippen LogP contribution >= 0.6 is 0 Å². The smallest absolute Gasteiger partial charge is 0.250 e. The molecule has 2 heterocycles. The minimum Gasteiger partial charge on any atom is -0.494 e. The number of hydrogen-bond donors (Lipinski definition) is 1. The first kappa shape index (κ1) is 20.7. The number of amides is 2. The molecule has 160 valence electrons. The minimum absolute atomic E-state index is 0.0324. The summed E-state index contributed by atoms with van der Waals surface area (Å²) in [6, 6.07) is 14.9. The molecule has 1 aliphatic heterocycles. The Morgan fingerprint density at radius 1 is 1.16 bits per heavy atom. The molecule has 1 aliphatic rings. The number of fused-ring (bicyclic) bond motifs is 1. The molecule has 0 fully saturated rings. The van der Waals surface area contributed by atoms with Gasteiger partial charge in [-0.1, -0.05) is 36.4 Å². The highest BCUT2D eigenvalue weighted by Crippen LogP contribution is 2.30. The van der Waals surface area contributed by atoms with E-state index in [-0.39, 0.29) is 18.2 Å². The number of carbonyl (C=O) groups excluding carboxylic acids is 2. The molecular formula is C24H26N4O3. The highest BCUT2D eigenvalue weighted by atomic mass is 16.5. The van der Waals surface area contributed by atoms with Crippen LogP contribution in [0.5, 0.6) is 5.75 Å². The highest BCUT2D eigenvalue weighted by Gasteiger charge is 2.32. The maximum absolute atomic E-state index is 13.4. The van der Waals surface area contributed by atoms with Crippen molar-refractivity contribution in [3.63, 3.8) is 0 Å². The Labute approximate surface area is 181 Å². The summed E-state index contributed by atoms with van der Waals surface area (Å²) in [5.41, 5.74) is 2.97. The normalized spacial score (nSPS) is 13.5. The van der Waals surface area contributed by atoms with E-state index in [2.05, 4.69) is 10.3 Å². The van der Waals surface area contributed by atoms with Crippen molar-refractivity contribution in [2.45, 2.75) is 32.4 Å². The Hall–Kier alpha value is -3.61. The molecule has 7 heteroatoms. The summed E-state index contributed by atoms with van der Waals surface area (Å²) in [5.74, 6) is 0.444. The minimum atomic E-state index is -0.657. The first-order valence-corrected chi connectivity index (χ1v) is 10.5. The number of nitrogens with zero attached hydrogens (tertiary/aromatic N) is 3. The van der Waals surface area contributed by atoms with E-state index >= 15 is 0 Å². The molecule has 1 aromatic heterocycles. The van der Waals surface area contributed by atoms with Gasteiger partial charge in [0.2, 0.25) is 5.91 Å². The van der Waals surface area contributed by atoms with Gasteiger partial charge in [-0.25, -0.2) is 4.98 Å². The lowest BCUT2D eigenvalue weighted by Gasteiger charge is -2.24. The van der Waals surface area contributed by atoms with Gasteiger partial charge >= 0.3 is 0 Å². The van der Waals surface area contributed by atoms with Crippen LogP contribution in [-0.2, 0) is 22.6 Å². The van der Waals surface area contributed by atoms with Crippen molar-refractivity contribution in [1.82, 2.24) is 14.9 Å². The molecular weight excluding hydrogens is 392 g/mol. The number of para-hydroxylation sites is 2. The molecule has 2 aromatic carbocycles. The third kappa shape index (κ3) is 4.60. The number of anilines is 1. The average molecular weight is 418 g/mol. The average Bonchev–Trinajstić information content (AvgIpc) is 3.47. The summed E-state index contributed by atoms with van der Waals surface area (Å²) < 4.78 is 7.33. The number of aromatic nitrogens is 2. The van der Waals surface area contributed by atoms with Crippen molar-refractivity contribution in [1.29, 1.82) is 0 Å². The number of nitrogens with one attached hydrogen (secondary N) is 1. The zero-order valence-electron chi connectivity index (χ0n) is 17.5. The van der Waals surface area contributed by atoms with Gasteiger partial charge in [-0.2, -0.15) is 0 Å². The van der Waals surface area contributed by atoms with E-state index in [1.165, 1.54) is 0 Å². The molecule has 4 rings (SSSR count). The molecule has 3 aromatic rings. The van der Waals surface area contributed by atoms with Crippen molar-refractivity contribution in [3.05, 3.63) is 78.4 Å². The highest BCUT2D eigenvalue weighted by molar-refractivity contribution is 6.00. The van der Waals surface area contributed by atoms with E-state index in [1.807, 2.05) is 55.5 Å². The van der Waals surface area contributed by atoms with Crippen LogP contribution in [0, 0.1) is 0 Å². The van der Waals surface area contributed by atoms with Gasteiger partial charge in [0, 0.05) is 36.7 Å². The summed E-state index contributed by atoms with van der Waals surface area (Å²) in [7, 11) is 0. The van der Waals surface area contributed by atoms with Crippen molar-refractivity contribution >= 4 is 17.5 Å². The molecule has 2 amide bonds. The maximum Gasteiger partial charge on any atom is 0.250 e. The second-order valence-corrected chi connectivity index (χ2v) is 7.42. The lowest BCUT2D eigenvalue weighted by molar-refractivity contribution is -0.128. The van der Waals surface area contributed by atoms with Crippen LogP contribution in [0.3, 0.4) is 0 Å². The SMILES string of the molecule is CCOc1ccccc1CNC(=O)CC(C(=O)N1CCc2ccccc21)n1ccnc1. The predicted octanol–water partition coefficient (Wildman–Crippen LogP) is 3.12. The summed E-state index contributed by atoms with van der Waals surface area (Å²) in [6.07, 6.45) is 5.78. The number of imidazole rings is 1. The third-order valence-corrected chi connectivity index (χ3v) is 5.45. The van der Waals surface area contributed by atoms with Crippen LogP contribution in [0.4, 0.5) is 5.69 Å². The summed E-state index contributed by atoms with van der Waals surface area (Å²) in [6.45, 7) is 3.44. The molecule has 0 saturated carbocycles. The van der Waals surface area contributed by atoms with Crippen LogP contribution in [-0.4, -0.2) is 34.5 Å². The van der Waals surface area contributed by atoms with E-state index in [1.54, 1.807) is 28.2 Å². The molecule has 31 heavy (non-hydrogen) atoms. The molecule has 1 atom stereocenters. The van der Waals surface area contributed by atoms with Crippen LogP contribution in [0.15, 0.2) is 67.3 Å². The number of benzene rings is 2. The molecule has 0 spiro atoms. The molecule has 0 saturated heterocycles. The van der Waals surface area contributed by atoms with Gasteiger partial charge in [-0.15, -0.1) is 0 Å². The van der Waals surface area contributed by atoms with E-state index in [4.69, 9.17) is 4.74 Å². The van der Waals surface area contributed by atoms with E-state index in [9.17, 15) is 9.59 Å². The fourth-order valence-electron chi connectivity index (χ4n) is 3.91. The number of hydrogen-bond acceptors (Lipinski definition) is 4. The van der Waals surface area contributed by atoms with Gasteiger partial charge in [-0.3, -0.25) is 9.59 Å². The summed E-state index contributed by atoms with van der Waals surface area (Å²) >= 11 is 0. The molecule has 7 nitrogen and oxygen atoms in total. The number of rotatable bonds is 8. The quantitative estimate of drug-likeness (QED) is 0.610. The molecule has 0 bridgehead atoms. The van der Waals surface area contributed by atoms with Gasteiger partial charge in [0.1, 0.15) is 11.8 Å². The topological polar surface area (TPSA) is 76.5 Å². The Balaban J connectivity index is 1.47. The Morgan fingerprint density at radius 2 is 1.97 bits per heavy atom. The molecule has 0 aliphatic carbocycles. The van der Waals surface area contributed by atoms with Crippen LogP contribution in [0.1, 0.15) is 30.5 Å².